The van der Waals surface area contributed by atoms with Gasteiger partial charge >= 0.3 is 0 Å². The average molecular weight is 145 g/mol. The van der Waals surface area contributed by atoms with Crippen LogP contribution in [-0.4, -0.2) is 32.8 Å². The molecule has 0 fully saturated rings. The second-order valence-corrected chi connectivity index (χ2v) is 2.63. The van der Waals surface area contributed by atoms with E-state index in [1.807, 2.05) is 0 Å². The third kappa shape index (κ3) is 5.44. The molecule has 10 heavy (non-hydrogen) atoms. The number of nitrogens with one attached hydrogen (secondary N) is 2. The van der Waals surface area contributed by atoms with Crippen molar-refractivity contribution < 1.29 is 10.0 Å². The fourth-order valence-electron chi connectivity index (χ4n) is 0.617. The molecule has 60 valence electrons. The number of quaternary nitrogens is 1. The van der Waals surface area contributed by atoms with Crippen LogP contribution < -0.4 is 10.2 Å². The van der Waals surface area contributed by atoms with Gasteiger partial charge in [0.2, 0.25) is 0 Å². The first kappa shape index (κ1) is 9.30. The van der Waals surface area contributed by atoms with Gasteiger partial charge in [0.25, 0.3) is 0 Å². The van der Waals surface area contributed by atoms with E-state index in [4.69, 9.17) is 5.11 Å². The van der Waals surface area contributed by atoms with Crippen LogP contribution >= 0.6 is 0 Å². The summed E-state index contributed by atoms with van der Waals surface area (Å²) in [6.45, 7) is 0.962. The molecule has 0 aromatic rings. The summed E-state index contributed by atoms with van der Waals surface area (Å²) in [5.41, 5.74) is 0. The molecule has 0 aromatic heterocycles. The van der Waals surface area contributed by atoms with E-state index >= 15 is 0 Å². The number of aliphatic hydroxyl groups is 1. The highest BCUT2D eigenvalue weighted by atomic mass is 16.3. The fourth-order valence-corrected chi connectivity index (χ4v) is 0.617. The highest BCUT2D eigenvalue weighted by molar-refractivity contribution is 4.87. The minimum absolute atomic E-state index is 0.420. The zero-order chi connectivity index (χ0) is 7.98. The average Bonchev–Trinajstić information content (AvgIpc) is 1.85. The highest BCUT2D eigenvalue weighted by Gasteiger charge is 1.95. The third-order valence-electron chi connectivity index (χ3n) is 1.19. The van der Waals surface area contributed by atoms with Crippen molar-refractivity contribution >= 4 is 0 Å². The molecule has 3 nitrogen and oxygen atoms in total. The SMILES string of the molecule is CN/C=C(\O)CC[NH+](C)C. The zero-order valence-electron chi connectivity index (χ0n) is 6.94. The van der Waals surface area contributed by atoms with Crippen LogP contribution in [-0.2, 0) is 0 Å². The molecule has 0 rings (SSSR count). The van der Waals surface area contributed by atoms with Gasteiger partial charge in [-0.1, -0.05) is 0 Å². The van der Waals surface area contributed by atoms with Gasteiger partial charge in [-0.3, -0.25) is 0 Å². The number of rotatable bonds is 4. The summed E-state index contributed by atoms with van der Waals surface area (Å²) in [5, 5.41) is 11.9. The first-order valence-electron chi connectivity index (χ1n) is 3.51. The predicted molar refractivity (Wildman–Crippen MR) is 42.1 cm³/mol. The standard InChI is InChI=1S/C7H16N2O/c1-8-6-7(10)4-5-9(2)3/h6,8,10H,4-5H2,1-3H3/p+1/b7-6-. The molecule has 0 spiro atoms. The molecule has 0 radical (unpaired) electrons. The molecule has 0 heterocycles. The van der Waals surface area contributed by atoms with Crippen molar-refractivity contribution in [2.45, 2.75) is 6.42 Å². The molecule has 0 aliphatic rings. The van der Waals surface area contributed by atoms with Gasteiger partial charge in [0, 0.05) is 13.2 Å². The Morgan fingerprint density at radius 2 is 2.20 bits per heavy atom. The van der Waals surface area contributed by atoms with Crippen molar-refractivity contribution in [2.75, 3.05) is 27.7 Å². The maximum atomic E-state index is 9.08. The summed E-state index contributed by atoms with van der Waals surface area (Å²) >= 11 is 0. The first-order valence-corrected chi connectivity index (χ1v) is 3.51. The summed E-state index contributed by atoms with van der Waals surface area (Å²) < 4.78 is 0. The third-order valence-corrected chi connectivity index (χ3v) is 1.19. The van der Waals surface area contributed by atoms with Crippen LogP contribution in [0.3, 0.4) is 0 Å². The Hall–Kier alpha value is -0.700. The summed E-state index contributed by atoms with van der Waals surface area (Å²) in [5.74, 6) is 0.420. The van der Waals surface area contributed by atoms with Gasteiger partial charge in [-0.05, 0) is 0 Å². The van der Waals surface area contributed by atoms with Gasteiger partial charge in [-0.25, -0.2) is 0 Å². The monoisotopic (exact) mass is 145 g/mol. The number of hydrogen-bond acceptors (Lipinski definition) is 2. The molecule has 3 heteroatoms. The molecule has 0 saturated carbocycles. The molecule has 0 aliphatic heterocycles. The molecule has 0 aromatic carbocycles. The lowest BCUT2D eigenvalue weighted by Crippen LogP contribution is -3.05. The van der Waals surface area contributed by atoms with Crippen molar-refractivity contribution in [1.82, 2.24) is 5.32 Å². The lowest BCUT2D eigenvalue weighted by atomic mass is 10.3. The highest BCUT2D eigenvalue weighted by Crippen LogP contribution is 1.88. The fraction of sp³-hybridized carbons (Fsp3) is 0.714. The zero-order valence-corrected chi connectivity index (χ0v) is 6.94. The van der Waals surface area contributed by atoms with Crippen LogP contribution in [0.1, 0.15) is 6.42 Å². The molecule has 0 atom stereocenters. The summed E-state index contributed by atoms with van der Waals surface area (Å²) in [6, 6.07) is 0. The Bertz CT molecular complexity index is 110. The Labute approximate surface area is 62.3 Å². The maximum Gasteiger partial charge on any atom is 0.113 e. The van der Waals surface area contributed by atoms with E-state index in [1.54, 1.807) is 13.2 Å². The van der Waals surface area contributed by atoms with E-state index < -0.39 is 0 Å². The summed E-state index contributed by atoms with van der Waals surface area (Å²) in [6.07, 6.45) is 2.35. The Balaban J connectivity index is 3.39. The predicted octanol–water partition coefficient (Wildman–Crippen LogP) is -0.860. The van der Waals surface area contributed by atoms with Crippen LogP contribution in [0, 0.1) is 0 Å². The smallest absolute Gasteiger partial charge is 0.113 e. The van der Waals surface area contributed by atoms with Crippen molar-refractivity contribution in [3.63, 3.8) is 0 Å². The molecule has 0 amide bonds. The van der Waals surface area contributed by atoms with Crippen LogP contribution in [0.4, 0.5) is 0 Å². The maximum absolute atomic E-state index is 9.08. The Kier molecular flexibility index (Phi) is 4.76. The van der Waals surface area contributed by atoms with E-state index in [9.17, 15) is 0 Å². The summed E-state index contributed by atoms with van der Waals surface area (Å²) in [7, 11) is 5.90. The number of aliphatic hydroxyl groups excluding tert-OH is 1. The van der Waals surface area contributed by atoms with Crippen LogP contribution in [0.2, 0.25) is 0 Å². The van der Waals surface area contributed by atoms with Crippen molar-refractivity contribution in [2.24, 2.45) is 0 Å². The van der Waals surface area contributed by atoms with Crippen LogP contribution in [0.5, 0.6) is 0 Å². The molecular formula is C7H17N2O+. The Morgan fingerprint density at radius 1 is 1.60 bits per heavy atom. The molecule has 3 N–H and O–H groups in total. The van der Waals surface area contributed by atoms with Gasteiger partial charge in [0.05, 0.1) is 27.1 Å². The van der Waals surface area contributed by atoms with Gasteiger partial charge in [0.1, 0.15) is 5.76 Å². The second kappa shape index (κ2) is 5.11. The van der Waals surface area contributed by atoms with Gasteiger partial charge in [0.15, 0.2) is 0 Å². The topological polar surface area (TPSA) is 36.7 Å². The van der Waals surface area contributed by atoms with Crippen molar-refractivity contribution in [3.8, 4) is 0 Å². The largest absolute Gasteiger partial charge is 0.511 e. The molecular weight excluding hydrogens is 128 g/mol. The first-order chi connectivity index (χ1) is 4.66. The number of hydrogen-bond donors (Lipinski definition) is 3. The Morgan fingerprint density at radius 3 is 2.60 bits per heavy atom. The van der Waals surface area contributed by atoms with Gasteiger partial charge in [-0.15, -0.1) is 0 Å². The lowest BCUT2D eigenvalue weighted by molar-refractivity contribution is -0.858. The van der Waals surface area contributed by atoms with E-state index in [2.05, 4.69) is 19.4 Å². The quantitative estimate of drug-likeness (QED) is 0.450. The minimum atomic E-state index is 0.420. The normalized spacial score (nSPS) is 12.2. The van der Waals surface area contributed by atoms with Crippen molar-refractivity contribution in [3.05, 3.63) is 12.0 Å². The molecule has 0 bridgehead atoms. The van der Waals surface area contributed by atoms with Gasteiger partial charge in [-0.2, -0.15) is 0 Å². The minimum Gasteiger partial charge on any atom is -0.511 e. The second-order valence-electron chi connectivity index (χ2n) is 2.63. The molecule has 0 aliphatic carbocycles. The van der Waals surface area contributed by atoms with Gasteiger partial charge < -0.3 is 15.3 Å². The lowest BCUT2D eigenvalue weighted by Gasteiger charge is -2.05. The van der Waals surface area contributed by atoms with Crippen LogP contribution in [0.15, 0.2) is 12.0 Å². The van der Waals surface area contributed by atoms with Crippen molar-refractivity contribution in [1.29, 1.82) is 0 Å². The molecule has 0 saturated heterocycles. The van der Waals surface area contributed by atoms with E-state index in [1.165, 1.54) is 4.90 Å². The molecule has 0 unspecified atom stereocenters. The summed E-state index contributed by atoms with van der Waals surface area (Å²) in [4.78, 5) is 1.34. The van der Waals surface area contributed by atoms with Crippen LogP contribution in [0.25, 0.3) is 0 Å². The van der Waals surface area contributed by atoms with E-state index in [0.717, 1.165) is 13.0 Å². The van der Waals surface area contributed by atoms with E-state index in [0.29, 0.717) is 5.76 Å². The van der Waals surface area contributed by atoms with E-state index in [-0.39, 0.29) is 0 Å².